The van der Waals surface area contributed by atoms with Crippen LogP contribution in [-0.4, -0.2) is 60.4 Å². The standard InChI is InChI=1S/C48H42O15/c1-25(2)32(22-55-43-37-29(12-16-52-37)19-26-7-9-35(50)58-40(26)43)60-46(3,4)33(49)23-56-45-39-31(14-18-54-39)21-28-11-15-48(62-42(28)45)61-34(47(5,6)63-48)24-57-44-38-30(13-17-53-38)20-27-8-10-36(51)59-41(27)44/h7-21,32-34,49H,1,22-24H2,2-6H3/t32?,33?,34?,48-/m1/s1. The van der Waals surface area contributed by atoms with Crippen LogP contribution in [0.1, 0.15) is 40.2 Å². The molecule has 5 aromatic heterocycles. The topological polar surface area (TPSA) is 185 Å². The zero-order chi connectivity index (χ0) is 43.8. The predicted octanol–water partition coefficient (Wildman–Crippen LogP) is 9.03. The van der Waals surface area contributed by atoms with Crippen LogP contribution in [0.4, 0.5) is 0 Å². The summed E-state index contributed by atoms with van der Waals surface area (Å²) >= 11 is 0. The summed E-state index contributed by atoms with van der Waals surface area (Å²) in [5.74, 6) is -0.735. The van der Waals surface area contributed by atoms with E-state index in [1.165, 1.54) is 30.9 Å². The van der Waals surface area contributed by atoms with Crippen LogP contribution < -0.4 is 30.2 Å². The monoisotopic (exact) mass is 858 g/mol. The van der Waals surface area contributed by atoms with E-state index in [0.29, 0.717) is 38.7 Å². The van der Waals surface area contributed by atoms with Gasteiger partial charge in [-0.15, -0.1) is 0 Å². The molecule has 4 atom stereocenters. The summed E-state index contributed by atoms with van der Waals surface area (Å²) in [5.41, 5.74) is -0.287. The quantitative estimate of drug-likeness (QED) is 0.0855. The number of hydrogen-bond donors (Lipinski definition) is 1. The zero-order valence-corrected chi connectivity index (χ0v) is 34.9. The van der Waals surface area contributed by atoms with Crippen LogP contribution in [0, 0.1) is 0 Å². The maximum Gasteiger partial charge on any atom is 0.350 e. The third-order valence-electron chi connectivity index (χ3n) is 11.4. The molecule has 0 aliphatic carbocycles. The van der Waals surface area contributed by atoms with E-state index < -0.39 is 46.7 Å². The Kier molecular flexibility index (Phi) is 9.56. The van der Waals surface area contributed by atoms with Gasteiger partial charge in [0.05, 0.1) is 30.0 Å². The van der Waals surface area contributed by atoms with Gasteiger partial charge in [-0.1, -0.05) is 6.58 Å². The summed E-state index contributed by atoms with van der Waals surface area (Å²) in [6.45, 7) is 12.7. The molecule has 1 fully saturated rings. The van der Waals surface area contributed by atoms with Gasteiger partial charge in [0.25, 0.3) is 0 Å². The highest BCUT2D eigenvalue weighted by Gasteiger charge is 2.55. The predicted molar refractivity (Wildman–Crippen MR) is 229 cm³/mol. The highest BCUT2D eigenvalue weighted by molar-refractivity contribution is 6.01. The van der Waals surface area contributed by atoms with Crippen molar-refractivity contribution in [2.45, 2.75) is 70.1 Å². The second-order valence-electron chi connectivity index (χ2n) is 16.8. The molecular weight excluding hydrogens is 817 g/mol. The molecule has 324 valence electrons. The highest BCUT2D eigenvalue weighted by atomic mass is 16.9. The van der Waals surface area contributed by atoms with Gasteiger partial charge in [-0.25, -0.2) is 9.59 Å². The third-order valence-corrected chi connectivity index (χ3v) is 11.4. The van der Waals surface area contributed by atoms with Gasteiger partial charge in [0.15, 0.2) is 33.7 Å². The molecule has 8 aromatic rings. The molecule has 2 aliphatic heterocycles. The number of furan rings is 3. The van der Waals surface area contributed by atoms with Crippen molar-refractivity contribution in [3.63, 3.8) is 0 Å². The molecule has 15 nitrogen and oxygen atoms in total. The first-order chi connectivity index (χ1) is 30.2. The Hall–Kier alpha value is -6.78. The molecule has 0 radical (unpaired) electrons. The number of fused-ring (bicyclic) bond motifs is 6. The number of ether oxygens (including phenoxy) is 7. The van der Waals surface area contributed by atoms with Crippen molar-refractivity contribution in [1.29, 1.82) is 0 Å². The van der Waals surface area contributed by atoms with Gasteiger partial charge in [-0.2, -0.15) is 0 Å². The summed E-state index contributed by atoms with van der Waals surface area (Å²) in [5, 5.41) is 15.3. The normalized spacial score (nSPS) is 19.2. The molecule has 0 amide bonds. The molecule has 3 aromatic carbocycles. The van der Waals surface area contributed by atoms with E-state index in [0.717, 1.165) is 16.2 Å². The Morgan fingerprint density at radius 3 is 1.89 bits per heavy atom. The lowest BCUT2D eigenvalue weighted by molar-refractivity contribution is -0.271. The Labute approximate surface area is 357 Å². The molecular formula is C48H42O15. The fraction of sp³-hybridized carbons (Fsp3) is 0.292. The van der Waals surface area contributed by atoms with Crippen molar-refractivity contribution < 1.29 is 60.4 Å². The van der Waals surface area contributed by atoms with E-state index in [2.05, 4.69) is 6.58 Å². The molecule has 1 saturated heterocycles. The second kappa shape index (κ2) is 14.9. The second-order valence-corrected chi connectivity index (χ2v) is 16.8. The van der Waals surface area contributed by atoms with Gasteiger partial charge < -0.3 is 60.4 Å². The average Bonchev–Trinajstić information content (AvgIpc) is 4.06. The third kappa shape index (κ3) is 7.22. The van der Waals surface area contributed by atoms with E-state index in [4.69, 9.17) is 55.2 Å². The SMILES string of the molecule is C=C(C)C(COc1c2occc2cc2ccc(=O)oc12)OC(C)(C)C(O)COc1c2c(cc3ccoc13)C=C[C@]1(O2)OC(COc2c3occc3cc3ccc(=O)oc23)C(C)(C)O1. The Bertz CT molecular complexity index is 3230. The van der Waals surface area contributed by atoms with Gasteiger partial charge in [-0.05, 0) is 94.8 Å². The smallest absolute Gasteiger partial charge is 0.350 e. The summed E-state index contributed by atoms with van der Waals surface area (Å²) in [6, 6.07) is 17.0. The average molecular weight is 859 g/mol. The lowest BCUT2D eigenvalue weighted by Crippen LogP contribution is -2.46. The fourth-order valence-electron chi connectivity index (χ4n) is 7.84. The first kappa shape index (κ1) is 40.3. The molecule has 63 heavy (non-hydrogen) atoms. The molecule has 7 heterocycles. The molecule has 1 N–H and O–H groups in total. The molecule has 1 spiro atoms. The molecule has 10 rings (SSSR count). The van der Waals surface area contributed by atoms with E-state index in [9.17, 15) is 14.7 Å². The van der Waals surface area contributed by atoms with E-state index >= 15 is 0 Å². The number of benzene rings is 3. The molecule has 0 bridgehead atoms. The first-order valence-corrected chi connectivity index (χ1v) is 20.3. The largest absolute Gasteiger partial charge is 0.483 e. The number of aliphatic hydroxyl groups is 1. The summed E-state index contributed by atoms with van der Waals surface area (Å²) in [4.78, 5) is 24.4. The summed E-state index contributed by atoms with van der Waals surface area (Å²) in [7, 11) is 0. The number of hydrogen-bond acceptors (Lipinski definition) is 15. The minimum atomic E-state index is -1.71. The van der Waals surface area contributed by atoms with Crippen molar-refractivity contribution in [1.82, 2.24) is 0 Å². The van der Waals surface area contributed by atoms with Crippen molar-refractivity contribution >= 4 is 60.9 Å². The molecule has 15 heteroatoms. The Morgan fingerprint density at radius 2 is 1.29 bits per heavy atom. The van der Waals surface area contributed by atoms with Crippen LogP contribution >= 0.6 is 0 Å². The first-order valence-electron chi connectivity index (χ1n) is 20.3. The Morgan fingerprint density at radius 1 is 0.746 bits per heavy atom. The lowest BCUT2D eigenvalue weighted by atomic mass is 10.0. The summed E-state index contributed by atoms with van der Waals surface area (Å²) < 4.78 is 73.5. The Balaban J connectivity index is 0.863. The van der Waals surface area contributed by atoms with Crippen LogP contribution in [-0.2, 0) is 14.2 Å². The van der Waals surface area contributed by atoms with Crippen LogP contribution in [0.5, 0.6) is 23.0 Å². The van der Waals surface area contributed by atoms with Crippen molar-refractivity contribution in [3.05, 3.63) is 124 Å². The number of rotatable bonds is 13. The number of aliphatic hydroxyl groups excluding tert-OH is 1. The lowest BCUT2D eigenvalue weighted by Gasteiger charge is -2.35. The molecule has 0 saturated carbocycles. The van der Waals surface area contributed by atoms with E-state index in [1.54, 1.807) is 57.2 Å². The van der Waals surface area contributed by atoms with Crippen LogP contribution in [0.15, 0.2) is 129 Å². The van der Waals surface area contributed by atoms with Crippen molar-refractivity contribution in [2.75, 3.05) is 19.8 Å². The van der Waals surface area contributed by atoms with Gasteiger partial charge in [-0.3, -0.25) is 0 Å². The molecule has 2 aliphatic rings. The van der Waals surface area contributed by atoms with Gasteiger partial charge in [0, 0.05) is 50.7 Å². The maximum absolute atomic E-state index is 12.2. The minimum Gasteiger partial charge on any atom is -0.483 e. The van der Waals surface area contributed by atoms with E-state index in [1.807, 2.05) is 38.1 Å². The summed E-state index contributed by atoms with van der Waals surface area (Å²) in [6.07, 6.45) is 5.44. The van der Waals surface area contributed by atoms with E-state index in [-0.39, 0.29) is 54.0 Å². The zero-order valence-electron chi connectivity index (χ0n) is 34.9. The minimum absolute atomic E-state index is 0.0318. The maximum atomic E-state index is 12.2. The van der Waals surface area contributed by atoms with Crippen molar-refractivity contribution in [3.8, 4) is 23.0 Å². The van der Waals surface area contributed by atoms with Crippen molar-refractivity contribution in [2.24, 2.45) is 0 Å². The highest BCUT2D eigenvalue weighted by Crippen LogP contribution is 2.49. The van der Waals surface area contributed by atoms with Crippen LogP contribution in [0.2, 0.25) is 0 Å². The van der Waals surface area contributed by atoms with Crippen LogP contribution in [0.3, 0.4) is 0 Å². The van der Waals surface area contributed by atoms with Gasteiger partial charge in [0.2, 0.25) is 17.2 Å². The molecule has 3 unspecified atom stereocenters. The van der Waals surface area contributed by atoms with Gasteiger partial charge in [0.1, 0.15) is 38.1 Å². The fourth-order valence-corrected chi connectivity index (χ4v) is 7.84. The van der Waals surface area contributed by atoms with Crippen LogP contribution in [0.25, 0.3) is 60.9 Å². The van der Waals surface area contributed by atoms with Gasteiger partial charge >= 0.3 is 17.2 Å².